The van der Waals surface area contributed by atoms with Gasteiger partial charge in [0.25, 0.3) is 0 Å². The van der Waals surface area contributed by atoms with Crippen molar-refractivity contribution in [1.29, 1.82) is 0 Å². The largest absolute Gasteiger partial charge is 0.369 e. The minimum Gasteiger partial charge on any atom is -0.369 e. The van der Waals surface area contributed by atoms with E-state index in [1.807, 2.05) is 6.92 Å². The molecule has 0 saturated carbocycles. The van der Waals surface area contributed by atoms with Crippen molar-refractivity contribution in [1.82, 2.24) is 0 Å². The van der Waals surface area contributed by atoms with E-state index in [9.17, 15) is 0 Å². The number of para-hydroxylation sites is 1. The Labute approximate surface area is 110 Å². The normalized spacial score (nSPS) is 24.9. The Bertz CT molecular complexity index is 415. The van der Waals surface area contributed by atoms with E-state index >= 15 is 0 Å². The summed E-state index contributed by atoms with van der Waals surface area (Å²) in [6.07, 6.45) is 0.245. The number of ether oxygens (including phenoxy) is 1. The fourth-order valence-corrected chi connectivity index (χ4v) is 2.80. The monoisotopic (exact) mass is 248 g/mol. The van der Waals surface area contributed by atoms with Gasteiger partial charge in [0.1, 0.15) is 0 Å². The number of nitrogens with two attached hydrogens (primary N) is 1. The molecule has 1 aliphatic heterocycles. The lowest BCUT2D eigenvalue weighted by molar-refractivity contribution is -0.0750. The molecule has 1 saturated heterocycles. The first kappa shape index (κ1) is 13.4. The van der Waals surface area contributed by atoms with Crippen molar-refractivity contribution in [2.24, 2.45) is 5.73 Å². The second-order valence-corrected chi connectivity index (χ2v) is 5.92. The molecule has 0 aromatic heterocycles. The van der Waals surface area contributed by atoms with Gasteiger partial charge < -0.3 is 15.4 Å². The SMILES string of the molecule is CC1CN(c2ccccc2[C@H](C)N)CC(C)(C)O1. The molecule has 1 unspecified atom stereocenters. The Morgan fingerprint density at radius 2 is 2.06 bits per heavy atom. The highest BCUT2D eigenvalue weighted by Gasteiger charge is 2.32. The maximum Gasteiger partial charge on any atom is 0.0805 e. The van der Waals surface area contributed by atoms with Crippen molar-refractivity contribution < 1.29 is 4.74 Å². The van der Waals surface area contributed by atoms with Gasteiger partial charge >= 0.3 is 0 Å². The smallest absolute Gasteiger partial charge is 0.0805 e. The van der Waals surface area contributed by atoms with Crippen LogP contribution in [0.4, 0.5) is 5.69 Å². The standard InChI is InChI=1S/C15H24N2O/c1-11-9-17(10-15(3,4)18-11)14-8-6-5-7-13(14)12(2)16/h5-8,11-12H,9-10,16H2,1-4H3/t11?,12-/m0/s1. The number of benzene rings is 1. The molecule has 0 spiro atoms. The van der Waals surface area contributed by atoms with Crippen LogP contribution in [0.5, 0.6) is 0 Å². The number of anilines is 1. The molecule has 2 N–H and O–H groups in total. The van der Waals surface area contributed by atoms with Gasteiger partial charge in [0.15, 0.2) is 0 Å². The lowest BCUT2D eigenvalue weighted by atomic mass is 10.0. The van der Waals surface area contributed by atoms with Crippen molar-refractivity contribution in [3.63, 3.8) is 0 Å². The van der Waals surface area contributed by atoms with E-state index in [0.29, 0.717) is 0 Å². The second kappa shape index (κ2) is 4.90. The summed E-state index contributed by atoms with van der Waals surface area (Å²) in [5.74, 6) is 0. The average Bonchev–Trinajstić information content (AvgIpc) is 2.26. The van der Waals surface area contributed by atoms with Crippen LogP contribution in [0.3, 0.4) is 0 Å². The van der Waals surface area contributed by atoms with Gasteiger partial charge in [-0.2, -0.15) is 0 Å². The van der Waals surface area contributed by atoms with E-state index in [2.05, 4.69) is 49.9 Å². The summed E-state index contributed by atoms with van der Waals surface area (Å²) in [5, 5.41) is 0. The van der Waals surface area contributed by atoms with E-state index in [-0.39, 0.29) is 17.7 Å². The molecule has 1 aromatic carbocycles. The van der Waals surface area contributed by atoms with Crippen LogP contribution >= 0.6 is 0 Å². The lowest BCUT2D eigenvalue weighted by Crippen LogP contribution is -2.52. The topological polar surface area (TPSA) is 38.5 Å². The molecule has 3 nitrogen and oxygen atoms in total. The van der Waals surface area contributed by atoms with E-state index in [1.54, 1.807) is 0 Å². The third kappa shape index (κ3) is 2.85. The molecule has 1 aromatic rings. The zero-order valence-corrected chi connectivity index (χ0v) is 11.8. The Balaban J connectivity index is 2.31. The van der Waals surface area contributed by atoms with Gasteiger partial charge in [-0.05, 0) is 39.3 Å². The van der Waals surface area contributed by atoms with E-state index in [0.717, 1.165) is 13.1 Å². The summed E-state index contributed by atoms with van der Waals surface area (Å²) in [5.41, 5.74) is 8.41. The Kier molecular flexibility index (Phi) is 3.64. The van der Waals surface area contributed by atoms with Crippen LogP contribution < -0.4 is 10.6 Å². The molecule has 1 aliphatic rings. The van der Waals surface area contributed by atoms with E-state index < -0.39 is 0 Å². The molecule has 0 amide bonds. The quantitative estimate of drug-likeness (QED) is 0.874. The first-order chi connectivity index (χ1) is 8.39. The van der Waals surface area contributed by atoms with Crippen LogP contribution in [0, 0.1) is 0 Å². The molecule has 1 fully saturated rings. The van der Waals surface area contributed by atoms with Gasteiger partial charge in [0, 0.05) is 24.8 Å². The van der Waals surface area contributed by atoms with Crippen molar-refractivity contribution in [2.45, 2.75) is 45.4 Å². The van der Waals surface area contributed by atoms with Crippen LogP contribution in [-0.2, 0) is 4.74 Å². The average molecular weight is 248 g/mol. The summed E-state index contributed by atoms with van der Waals surface area (Å²) >= 11 is 0. The summed E-state index contributed by atoms with van der Waals surface area (Å²) in [4.78, 5) is 2.40. The number of morpholine rings is 1. The van der Waals surface area contributed by atoms with Crippen LogP contribution in [0.15, 0.2) is 24.3 Å². The second-order valence-electron chi connectivity index (χ2n) is 5.92. The fourth-order valence-electron chi connectivity index (χ4n) is 2.80. The number of hydrogen-bond donors (Lipinski definition) is 1. The summed E-state index contributed by atoms with van der Waals surface area (Å²) in [6.45, 7) is 10.3. The fraction of sp³-hybridized carbons (Fsp3) is 0.600. The van der Waals surface area contributed by atoms with Gasteiger partial charge in [-0.3, -0.25) is 0 Å². The molecule has 0 radical (unpaired) electrons. The Hall–Kier alpha value is -1.06. The van der Waals surface area contributed by atoms with Crippen molar-refractivity contribution >= 4 is 5.69 Å². The first-order valence-electron chi connectivity index (χ1n) is 6.66. The molecule has 18 heavy (non-hydrogen) atoms. The predicted octanol–water partition coefficient (Wildman–Crippen LogP) is 2.71. The third-order valence-electron chi connectivity index (χ3n) is 3.34. The lowest BCUT2D eigenvalue weighted by Gasteiger charge is -2.43. The minimum absolute atomic E-state index is 0.0578. The molecule has 1 heterocycles. The molecule has 2 rings (SSSR count). The summed E-state index contributed by atoms with van der Waals surface area (Å²) in [6, 6.07) is 8.47. The number of hydrogen-bond acceptors (Lipinski definition) is 3. The molecule has 0 aliphatic carbocycles. The van der Waals surface area contributed by atoms with Crippen LogP contribution in [-0.4, -0.2) is 24.8 Å². The van der Waals surface area contributed by atoms with Gasteiger partial charge in [-0.15, -0.1) is 0 Å². The number of nitrogens with zero attached hydrogens (tertiary/aromatic N) is 1. The number of rotatable bonds is 2. The van der Waals surface area contributed by atoms with Crippen molar-refractivity contribution in [3.05, 3.63) is 29.8 Å². The van der Waals surface area contributed by atoms with Crippen molar-refractivity contribution in [3.8, 4) is 0 Å². The van der Waals surface area contributed by atoms with Gasteiger partial charge in [-0.1, -0.05) is 18.2 Å². The Morgan fingerprint density at radius 3 is 2.67 bits per heavy atom. The zero-order chi connectivity index (χ0) is 13.3. The van der Waals surface area contributed by atoms with Gasteiger partial charge in [0.05, 0.1) is 11.7 Å². The molecule has 100 valence electrons. The van der Waals surface area contributed by atoms with Gasteiger partial charge in [-0.25, -0.2) is 0 Å². The molecular weight excluding hydrogens is 224 g/mol. The highest BCUT2D eigenvalue weighted by atomic mass is 16.5. The maximum atomic E-state index is 6.07. The highest BCUT2D eigenvalue weighted by Crippen LogP contribution is 2.30. The van der Waals surface area contributed by atoms with Crippen LogP contribution in [0.25, 0.3) is 0 Å². The summed E-state index contributed by atoms with van der Waals surface area (Å²) in [7, 11) is 0. The Morgan fingerprint density at radius 1 is 1.39 bits per heavy atom. The zero-order valence-electron chi connectivity index (χ0n) is 11.8. The minimum atomic E-state index is -0.109. The first-order valence-corrected chi connectivity index (χ1v) is 6.66. The molecular formula is C15H24N2O. The maximum absolute atomic E-state index is 6.07. The molecule has 2 atom stereocenters. The van der Waals surface area contributed by atoms with E-state index in [1.165, 1.54) is 11.3 Å². The van der Waals surface area contributed by atoms with Gasteiger partial charge in [0.2, 0.25) is 0 Å². The highest BCUT2D eigenvalue weighted by molar-refractivity contribution is 5.55. The summed E-state index contributed by atoms with van der Waals surface area (Å²) < 4.78 is 5.95. The molecule has 3 heteroatoms. The molecule has 0 bridgehead atoms. The van der Waals surface area contributed by atoms with Crippen LogP contribution in [0.1, 0.15) is 39.3 Å². The van der Waals surface area contributed by atoms with Crippen LogP contribution in [0.2, 0.25) is 0 Å². The third-order valence-corrected chi connectivity index (χ3v) is 3.34. The van der Waals surface area contributed by atoms with Crippen molar-refractivity contribution in [2.75, 3.05) is 18.0 Å². The predicted molar refractivity (Wildman–Crippen MR) is 75.9 cm³/mol. The van der Waals surface area contributed by atoms with E-state index in [4.69, 9.17) is 10.5 Å².